The molecule has 1 heterocycles. The van der Waals surface area contributed by atoms with Crippen molar-refractivity contribution in [2.45, 2.75) is 19.9 Å². The Morgan fingerprint density at radius 3 is 2.65 bits per heavy atom. The molecular formula is C15H20BrN3O. The van der Waals surface area contributed by atoms with Crippen LogP contribution in [0.1, 0.15) is 19.2 Å². The fraction of sp³-hybridized carbons (Fsp3) is 0.400. The number of imidazole rings is 1. The van der Waals surface area contributed by atoms with Gasteiger partial charge in [0.25, 0.3) is 0 Å². The minimum atomic E-state index is 0.181. The normalized spacial score (nSPS) is 11.2. The second-order valence-electron chi connectivity index (χ2n) is 4.75. The molecule has 0 aliphatic rings. The number of aliphatic hydroxyl groups is 1. The number of hydrogen-bond donors (Lipinski definition) is 2. The number of benzene rings is 1. The van der Waals surface area contributed by atoms with Gasteiger partial charge in [-0.15, -0.1) is 0 Å². The van der Waals surface area contributed by atoms with Crippen molar-refractivity contribution in [1.82, 2.24) is 14.9 Å². The maximum absolute atomic E-state index is 9.07. The average Bonchev–Trinajstić information content (AvgIpc) is 2.89. The maximum atomic E-state index is 9.07. The number of aromatic nitrogens is 2. The van der Waals surface area contributed by atoms with Gasteiger partial charge in [-0.2, -0.15) is 0 Å². The molecule has 20 heavy (non-hydrogen) atoms. The van der Waals surface area contributed by atoms with Crippen LogP contribution in [0.3, 0.4) is 0 Å². The van der Waals surface area contributed by atoms with Crippen LogP contribution in [0.25, 0.3) is 11.3 Å². The summed E-state index contributed by atoms with van der Waals surface area (Å²) in [5.74, 6) is 0.935. The number of aliphatic hydroxyl groups excluding tert-OH is 1. The van der Waals surface area contributed by atoms with Crippen LogP contribution in [-0.2, 0) is 6.54 Å². The zero-order valence-electron chi connectivity index (χ0n) is 11.6. The summed E-state index contributed by atoms with van der Waals surface area (Å²) in [6, 6.07) is 8.15. The van der Waals surface area contributed by atoms with Crippen molar-refractivity contribution >= 4 is 15.9 Å². The van der Waals surface area contributed by atoms with E-state index in [1.54, 1.807) is 0 Å². The van der Waals surface area contributed by atoms with Crippen LogP contribution < -0.4 is 0 Å². The summed E-state index contributed by atoms with van der Waals surface area (Å²) in [5.41, 5.74) is 2.14. The van der Waals surface area contributed by atoms with Crippen LogP contribution in [-0.4, -0.2) is 39.7 Å². The van der Waals surface area contributed by atoms with Gasteiger partial charge < -0.3 is 10.1 Å². The Hall–Kier alpha value is -1.17. The molecule has 1 aromatic carbocycles. The largest absolute Gasteiger partial charge is 0.395 e. The van der Waals surface area contributed by atoms with E-state index < -0.39 is 0 Å². The van der Waals surface area contributed by atoms with Crippen molar-refractivity contribution in [3.8, 4) is 11.3 Å². The summed E-state index contributed by atoms with van der Waals surface area (Å²) in [7, 11) is 0. The predicted molar refractivity (Wildman–Crippen MR) is 84.4 cm³/mol. The highest BCUT2D eigenvalue weighted by Gasteiger charge is 2.08. The Morgan fingerprint density at radius 2 is 2.00 bits per heavy atom. The molecule has 0 saturated carbocycles. The zero-order chi connectivity index (χ0) is 14.4. The number of hydrogen-bond acceptors (Lipinski definition) is 3. The predicted octanol–water partition coefficient (Wildman–Crippen LogP) is 3.04. The molecule has 0 spiro atoms. The molecule has 5 heteroatoms. The van der Waals surface area contributed by atoms with E-state index in [9.17, 15) is 0 Å². The molecule has 0 aliphatic carbocycles. The van der Waals surface area contributed by atoms with Gasteiger partial charge in [-0.3, -0.25) is 4.90 Å². The van der Waals surface area contributed by atoms with Crippen LogP contribution in [0.15, 0.2) is 34.9 Å². The molecule has 0 atom stereocenters. The first kappa shape index (κ1) is 15.2. The molecule has 0 fully saturated rings. The average molecular weight is 338 g/mol. The first-order valence-electron chi connectivity index (χ1n) is 6.86. The summed E-state index contributed by atoms with van der Waals surface area (Å²) >= 11 is 3.43. The molecule has 0 radical (unpaired) electrons. The quantitative estimate of drug-likeness (QED) is 0.816. The van der Waals surface area contributed by atoms with Crippen molar-refractivity contribution < 1.29 is 5.11 Å². The Bertz CT molecular complexity index is 518. The fourth-order valence-corrected chi connectivity index (χ4v) is 2.42. The Morgan fingerprint density at radius 1 is 1.25 bits per heavy atom. The van der Waals surface area contributed by atoms with E-state index in [0.717, 1.165) is 41.1 Å². The highest BCUT2D eigenvalue weighted by atomic mass is 79.9. The molecule has 0 bridgehead atoms. The Balaban J connectivity index is 2.06. The van der Waals surface area contributed by atoms with E-state index >= 15 is 0 Å². The monoisotopic (exact) mass is 337 g/mol. The van der Waals surface area contributed by atoms with E-state index in [2.05, 4.69) is 49.9 Å². The number of nitrogens with one attached hydrogen (secondary N) is 1. The highest BCUT2D eigenvalue weighted by molar-refractivity contribution is 9.10. The van der Waals surface area contributed by atoms with E-state index in [4.69, 9.17) is 5.11 Å². The van der Waals surface area contributed by atoms with Gasteiger partial charge in [0.2, 0.25) is 0 Å². The topological polar surface area (TPSA) is 52.1 Å². The molecule has 4 nitrogen and oxygen atoms in total. The summed E-state index contributed by atoms with van der Waals surface area (Å²) in [6.45, 7) is 4.71. The second kappa shape index (κ2) is 7.57. The summed E-state index contributed by atoms with van der Waals surface area (Å²) in [5, 5.41) is 9.07. The van der Waals surface area contributed by atoms with Crippen LogP contribution >= 0.6 is 15.9 Å². The van der Waals surface area contributed by atoms with Crippen LogP contribution in [0.2, 0.25) is 0 Å². The second-order valence-corrected chi connectivity index (χ2v) is 5.67. The standard InChI is InChI=1S/C15H20BrN3O/c1-2-7-19(8-9-20)11-15-17-10-14(18-15)12-3-5-13(16)6-4-12/h3-6,10,20H,2,7-9,11H2,1H3,(H,17,18). The van der Waals surface area contributed by atoms with Gasteiger partial charge in [0.15, 0.2) is 0 Å². The van der Waals surface area contributed by atoms with E-state index in [1.807, 2.05) is 18.3 Å². The third-order valence-electron chi connectivity index (χ3n) is 3.11. The fourth-order valence-electron chi connectivity index (χ4n) is 2.16. The molecule has 2 aromatic rings. The van der Waals surface area contributed by atoms with Crippen molar-refractivity contribution in [3.63, 3.8) is 0 Å². The van der Waals surface area contributed by atoms with Gasteiger partial charge >= 0.3 is 0 Å². The van der Waals surface area contributed by atoms with Gasteiger partial charge in [0.1, 0.15) is 5.82 Å². The summed E-state index contributed by atoms with van der Waals surface area (Å²) in [4.78, 5) is 9.97. The summed E-state index contributed by atoms with van der Waals surface area (Å²) < 4.78 is 1.07. The number of H-pyrrole nitrogens is 1. The van der Waals surface area contributed by atoms with Crippen molar-refractivity contribution in [3.05, 3.63) is 40.8 Å². The molecular weight excluding hydrogens is 318 g/mol. The van der Waals surface area contributed by atoms with Crippen LogP contribution in [0.5, 0.6) is 0 Å². The zero-order valence-corrected chi connectivity index (χ0v) is 13.2. The lowest BCUT2D eigenvalue weighted by Crippen LogP contribution is -2.27. The lowest BCUT2D eigenvalue weighted by molar-refractivity contribution is 0.188. The van der Waals surface area contributed by atoms with Gasteiger partial charge in [-0.1, -0.05) is 35.0 Å². The lowest BCUT2D eigenvalue weighted by Gasteiger charge is -2.18. The van der Waals surface area contributed by atoms with Crippen molar-refractivity contribution in [2.24, 2.45) is 0 Å². The molecule has 1 aromatic heterocycles. The highest BCUT2D eigenvalue weighted by Crippen LogP contribution is 2.20. The number of nitrogens with zero attached hydrogens (tertiary/aromatic N) is 2. The Kier molecular flexibility index (Phi) is 5.76. The van der Waals surface area contributed by atoms with Crippen LogP contribution in [0, 0.1) is 0 Å². The molecule has 0 aliphatic heterocycles. The minimum absolute atomic E-state index is 0.181. The number of halogens is 1. The molecule has 0 unspecified atom stereocenters. The maximum Gasteiger partial charge on any atom is 0.120 e. The SMILES string of the molecule is CCCN(CCO)Cc1ncc(-c2ccc(Br)cc2)[nH]1. The molecule has 0 saturated heterocycles. The molecule has 2 rings (SSSR count). The van der Waals surface area contributed by atoms with Crippen molar-refractivity contribution in [1.29, 1.82) is 0 Å². The smallest absolute Gasteiger partial charge is 0.120 e. The van der Waals surface area contributed by atoms with E-state index in [1.165, 1.54) is 0 Å². The third kappa shape index (κ3) is 4.16. The minimum Gasteiger partial charge on any atom is -0.395 e. The van der Waals surface area contributed by atoms with Gasteiger partial charge in [0.05, 0.1) is 25.0 Å². The molecule has 0 amide bonds. The third-order valence-corrected chi connectivity index (χ3v) is 3.64. The first-order valence-corrected chi connectivity index (χ1v) is 7.65. The summed E-state index contributed by atoms with van der Waals surface area (Å²) in [6.07, 6.45) is 2.93. The van der Waals surface area contributed by atoms with Crippen molar-refractivity contribution in [2.75, 3.05) is 19.7 Å². The van der Waals surface area contributed by atoms with E-state index in [0.29, 0.717) is 6.54 Å². The van der Waals surface area contributed by atoms with E-state index in [-0.39, 0.29) is 6.61 Å². The number of rotatable bonds is 7. The van der Waals surface area contributed by atoms with Gasteiger partial charge in [-0.25, -0.2) is 4.98 Å². The van der Waals surface area contributed by atoms with Gasteiger partial charge in [0, 0.05) is 11.0 Å². The molecule has 108 valence electrons. The first-order chi connectivity index (χ1) is 9.72. The molecule has 2 N–H and O–H groups in total. The Labute approximate surface area is 128 Å². The van der Waals surface area contributed by atoms with Crippen LogP contribution in [0.4, 0.5) is 0 Å². The number of aromatic amines is 1. The van der Waals surface area contributed by atoms with Gasteiger partial charge in [-0.05, 0) is 30.7 Å². The lowest BCUT2D eigenvalue weighted by atomic mass is 10.2.